The Hall–Kier alpha value is -2.35. The van der Waals surface area contributed by atoms with E-state index in [1.807, 2.05) is 36.5 Å². The summed E-state index contributed by atoms with van der Waals surface area (Å²) in [6, 6.07) is 3.45. The molecule has 2 amide bonds. The first-order valence-electron chi connectivity index (χ1n) is 8.04. The maximum Gasteiger partial charge on any atom is 0.324 e. The third-order valence-electron chi connectivity index (χ3n) is 3.82. The summed E-state index contributed by atoms with van der Waals surface area (Å²) in [7, 11) is 3.81. The lowest BCUT2D eigenvalue weighted by Gasteiger charge is -2.28. The molecule has 8 heteroatoms. The van der Waals surface area contributed by atoms with Gasteiger partial charge in [-0.3, -0.25) is 5.32 Å². The van der Waals surface area contributed by atoms with Crippen molar-refractivity contribution in [2.24, 2.45) is 0 Å². The highest BCUT2D eigenvalue weighted by atomic mass is 32.1. The van der Waals surface area contributed by atoms with E-state index in [0.29, 0.717) is 11.5 Å². The van der Waals surface area contributed by atoms with Crippen molar-refractivity contribution in [1.29, 1.82) is 0 Å². The van der Waals surface area contributed by atoms with Crippen LogP contribution in [0.4, 0.5) is 27.2 Å². The minimum absolute atomic E-state index is 0.296. The SMILES string of the molecule is CN(C)c1nc(N2CCCCC2)ncc1NC(=O)Nc1cccs1. The summed E-state index contributed by atoms with van der Waals surface area (Å²) >= 11 is 1.47. The fraction of sp³-hybridized carbons (Fsp3) is 0.438. The molecule has 0 saturated carbocycles. The van der Waals surface area contributed by atoms with Gasteiger partial charge in [-0.15, -0.1) is 11.3 Å². The summed E-state index contributed by atoms with van der Waals surface area (Å²) in [5, 5.41) is 8.34. The van der Waals surface area contributed by atoms with Gasteiger partial charge in [-0.25, -0.2) is 9.78 Å². The van der Waals surface area contributed by atoms with E-state index in [0.717, 1.165) is 24.0 Å². The quantitative estimate of drug-likeness (QED) is 0.889. The molecule has 3 heterocycles. The number of piperidine rings is 1. The average Bonchev–Trinajstić information content (AvgIpc) is 3.08. The van der Waals surface area contributed by atoms with Crippen LogP contribution in [0.2, 0.25) is 0 Å². The van der Waals surface area contributed by atoms with E-state index >= 15 is 0 Å². The molecule has 7 nitrogen and oxygen atoms in total. The molecule has 0 unspecified atom stereocenters. The Labute approximate surface area is 145 Å². The zero-order chi connectivity index (χ0) is 16.9. The molecule has 1 fully saturated rings. The smallest absolute Gasteiger partial charge is 0.324 e. The number of carbonyl (C=O) groups is 1. The Bertz CT molecular complexity index is 682. The van der Waals surface area contributed by atoms with Crippen molar-refractivity contribution in [2.75, 3.05) is 47.6 Å². The Morgan fingerprint density at radius 3 is 2.71 bits per heavy atom. The predicted molar refractivity (Wildman–Crippen MR) is 99.4 cm³/mol. The Morgan fingerprint density at radius 2 is 2.04 bits per heavy atom. The number of rotatable bonds is 4. The maximum atomic E-state index is 12.1. The van der Waals surface area contributed by atoms with Gasteiger partial charge in [0.1, 0.15) is 5.69 Å². The van der Waals surface area contributed by atoms with Crippen LogP contribution < -0.4 is 20.4 Å². The molecule has 2 N–H and O–H groups in total. The summed E-state index contributed by atoms with van der Waals surface area (Å²) < 4.78 is 0. The molecule has 24 heavy (non-hydrogen) atoms. The van der Waals surface area contributed by atoms with Gasteiger partial charge in [0.25, 0.3) is 0 Å². The van der Waals surface area contributed by atoms with E-state index in [1.165, 1.54) is 30.6 Å². The van der Waals surface area contributed by atoms with Crippen LogP contribution in [0.3, 0.4) is 0 Å². The van der Waals surface area contributed by atoms with Crippen LogP contribution >= 0.6 is 11.3 Å². The molecule has 0 atom stereocenters. The average molecular weight is 346 g/mol. The fourth-order valence-corrected chi connectivity index (χ4v) is 3.27. The number of thiophene rings is 1. The van der Waals surface area contributed by atoms with Crippen LogP contribution in [0.25, 0.3) is 0 Å². The minimum Gasteiger partial charge on any atom is -0.361 e. The van der Waals surface area contributed by atoms with Crippen LogP contribution in [0.1, 0.15) is 19.3 Å². The maximum absolute atomic E-state index is 12.1. The first-order valence-corrected chi connectivity index (χ1v) is 8.92. The third-order valence-corrected chi connectivity index (χ3v) is 4.61. The van der Waals surface area contributed by atoms with Gasteiger partial charge in [0.05, 0.1) is 11.2 Å². The first-order chi connectivity index (χ1) is 11.6. The van der Waals surface area contributed by atoms with Crippen LogP contribution in [-0.2, 0) is 0 Å². The van der Waals surface area contributed by atoms with Crippen molar-refractivity contribution < 1.29 is 4.79 Å². The van der Waals surface area contributed by atoms with Gasteiger partial charge in [0.15, 0.2) is 5.82 Å². The molecule has 2 aromatic rings. The van der Waals surface area contributed by atoms with Crippen molar-refractivity contribution in [3.05, 3.63) is 23.7 Å². The molecular weight excluding hydrogens is 324 g/mol. The lowest BCUT2D eigenvalue weighted by Crippen LogP contribution is -2.31. The van der Waals surface area contributed by atoms with Gasteiger partial charge in [-0.05, 0) is 36.8 Å². The number of nitrogens with zero attached hydrogens (tertiary/aromatic N) is 4. The summed E-state index contributed by atoms with van der Waals surface area (Å²) in [5.74, 6) is 1.43. The zero-order valence-electron chi connectivity index (χ0n) is 14.0. The van der Waals surface area contributed by atoms with Crippen molar-refractivity contribution in [3.63, 3.8) is 0 Å². The number of amides is 2. The fourth-order valence-electron chi connectivity index (χ4n) is 2.65. The molecule has 2 aromatic heterocycles. The summed E-state index contributed by atoms with van der Waals surface area (Å²) in [6.45, 7) is 1.97. The van der Waals surface area contributed by atoms with Gasteiger partial charge in [-0.1, -0.05) is 0 Å². The van der Waals surface area contributed by atoms with Crippen LogP contribution in [-0.4, -0.2) is 43.2 Å². The zero-order valence-corrected chi connectivity index (χ0v) is 14.8. The molecule has 0 aliphatic carbocycles. The number of hydrogen-bond acceptors (Lipinski definition) is 6. The molecular formula is C16H22N6OS. The molecule has 1 aliphatic heterocycles. The number of nitrogens with one attached hydrogen (secondary N) is 2. The van der Waals surface area contributed by atoms with E-state index < -0.39 is 0 Å². The monoisotopic (exact) mass is 346 g/mol. The largest absolute Gasteiger partial charge is 0.361 e. The van der Waals surface area contributed by atoms with Crippen LogP contribution in [0, 0.1) is 0 Å². The molecule has 0 aromatic carbocycles. The number of aromatic nitrogens is 2. The molecule has 3 rings (SSSR count). The van der Waals surface area contributed by atoms with Crippen LogP contribution in [0.5, 0.6) is 0 Å². The lowest BCUT2D eigenvalue weighted by molar-refractivity contribution is 0.262. The van der Waals surface area contributed by atoms with Gasteiger partial charge >= 0.3 is 6.03 Å². The topological polar surface area (TPSA) is 73.4 Å². The van der Waals surface area contributed by atoms with E-state index in [9.17, 15) is 4.79 Å². The number of carbonyl (C=O) groups excluding carboxylic acids is 1. The van der Waals surface area contributed by atoms with Crippen molar-refractivity contribution in [2.45, 2.75) is 19.3 Å². The van der Waals surface area contributed by atoms with E-state index in [4.69, 9.17) is 0 Å². The molecule has 0 bridgehead atoms. The predicted octanol–water partition coefficient (Wildman–Crippen LogP) is 3.24. The highest BCUT2D eigenvalue weighted by molar-refractivity contribution is 7.14. The number of anilines is 4. The van der Waals surface area contributed by atoms with E-state index in [-0.39, 0.29) is 6.03 Å². The molecule has 0 radical (unpaired) electrons. The van der Waals surface area contributed by atoms with E-state index in [2.05, 4.69) is 25.5 Å². The second kappa shape index (κ2) is 7.48. The number of urea groups is 1. The highest BCUT2D eigenvalue weighted by Crippen LogP contribution is 2.25. The summed E-state index contributed by atoms with van der Waals surface area (Å²) in [6.07, 6.45) is 5.29. The standard InChI is InChI=1S/C16H22N6OS/c1-21(2)14-12(18-16(23)19-13-7-6-10-24-13)11-17-15(20-14)22-8-4-3-5-9-22/h6-7,10-11H,3-5,8-9H2,1-2H3,(H2,18,19,23). The third kappa shape index (κ3) is 3.94. The highest BCUT2D eigenvalue weighted by Gasteiger charge is 2.17. The molecule has 128 valence electrons. The molecule has 0 spiro atoms. The number of hydrogen-bond donors (Lipinski definition) is 2. The lowest BCUT2D eigenvalue weighted by atomic mass is 10.1. The van der Waals surface area contributed by atoms with Gasteiger partial charge in [0, 0.05) is 27.2 Å². The summed E-state index contributed by atoms with van der Waals surface area (Å²) in [4.78, 5) is 25.3. The van der Waals surface area contributed by atoms with Crippen molar-refractivity contribution >= 4 is 39.8 Å². The van der Waals surface area contributed by atoms with Gasteiger partial charge < -0.3 is 15.1 Å². The minimum atomic E-state index is -0.296. The normalized spacial score (nSPS) is 14.3. The van der Waals surface area contributed by atoms with Gasteiger partial charge in [0.2, 0.25) is 5.95 Å². The molecule has 1 aliphatic rings. The Kier molecular flexibility index (Phi) is 5.14. The summed E-state index contributed by atoms with van der Waals surface area (Å²) in [5.41, 5.74) is 0.592. The van der Waals surface area contributed by atoms with Crippen molar-refractivity contribution in [1.82, 2.24) is 9.97 Å². The Balaban J connectivity index is 1.75. The van der Waals surface area contributed by atoms with Gasteiger partial charge in [-0.2, -0.15) is 4.98 Å². The Morgan fingerprint density at radius 1 is 1.25 bits per heavy atom. The van der Waals surface area contributed by atoms with Crippen LogP contribution in [0.15, 0.2) is 23.7 Å². The van der Waals surface area contributed by atoms with E-state index in [1.54, 1.807) is 6.20 Å². The second-order valence-electron chi connectivity index (χ2n) is 5.91. The molecule has 1 saturated heterocycles. The van der Waals surface area contributed by atoms with Crippen molar-refractivity contribution in [3.8, 4) is 0 Å². The first kappa shape index (κ1) is 16.5. The second-order valence-corrected chi connectivity index (χ2v) is 6.85.